The predicted octanol–water partition coefficient (Wildman–Crippen LogP) is 3.22. The second-order valence-corrected chi connectivity index (χ2v) is 6.37. The molecular formula is C18H28BNO2. The van der Waals surface area contributed by atoms with Crippen molar-refractivity contribution in [2.45, 2.75) is 58.5 Å². The third kappa shape index (κ3) is 2.91. The highest BCUT2D eigenvalue weighted by Crippen LogP contribution is 2.36. The molecule has 2 saturated heterocycles. The number of hydrogen-bond acceptors (Lipinski definition) is 3. The summed E-state index contributed by atoms with van der Waals surface area (Å²) in [4.78, 5) is 0.218. The van der Waals surface area contributed by atoms with Crippen LogP contribution in [0.1, 0.15) is 63.7 Å². The van der Waals surface area contributed by atoms with Crippen LogP contribution in [0.3, 0.4) is 0 Å². The quantitative estimate of drug-likeness (QED) is 0.783. The number of benzene rings is 1. The molecule has 0 aromatic heterocycles. The summed E-state index contributed by atoms with van der Waals surface area (Å²) in [7, 11) is -0.932. The minimum absolute atomic E-state index is 0.218. The Morgan fingerprint density at radius 2 is 2.05 bits per heavy atom. The van der Waals surface area contributed by atoms with E-state index in [0.29, 0.717) is 5.46 Å². The van der Waals surface area contributed by atoms with E-state index in [2.05, 4.69) is 0 Å². The van der Waals surface area contributed by atoms with Crippen LogP contribution >= 0.6 is 0 Å². The predicted molar refractivity (Wildman–Crippen MR) is 92.8 cm³/mol. The summed E-state index contributed by atoms with van der Waals surface area (Å²) in [5, 5.41) is 0. The molecule has 0 spiro atoms. The van der Waals surface area contributed by atoms with Crippen molar-refractivity contribution in [2.75, 3.05) is 17.9 Å². The van der Waals surface area contributed by atoms with Gasteiger partial charge >= 0.3 is 7.12 Å². The fourth-order valence-corrected chi connectivity index (χ4v) is 2.23. The molecule has 0 N–H and O–H groups in total. The Morgan fingerprint density at radius 1 is 1.32 bits per heavy atom. The third-order valence-electron chi connectivity index (χ3n) is 4.23. The summed E-state index contributed by atoms with van der Waals surface area (Å²) in [5.41, 5.74) is -1.39. The van der Waals surface area contributed by atoms with Gasteiger partial charge in [-0.05, 0) is 63.9 Å². The Kier molecular flexibility index (Phi) is 1.74. The second kappa shape index (κ2) is 5.57. The molecule has 120 valence electrons. The summed E-state index contributed by atoms with van der Waals surface area (Å²) in [6.07, 6.45) is -7.33. The van der Waals surface area contributed by atoms with Crippen LogP contribution < -0.4 is 10.4 Å². The van der Waals surface area contributed by atoms with Gasteiger partial charge in [-0.1, -0.05) is 19.0 Å². The highest BCUT2D eigenvalue weighted by Gasteiger charge is 2.51. The highest BCUT2D eigenvalue weighted by atomic mass is 16.7. The lowest BCUT2D eigenvalue weighted by molar-refractivity contribution is 0.00578. The Labute approximate surface area is 152 Å². The van der Waals surface area contributed by atoms with Crippen LogP contribution in [0.15, 0.2) is 24.3 Å². The molecule has 0 aliphatic carbocycles. The van der Waals surface area contributed by atoms with Crippen molar-refractivity contribution in [3.8, 4) is 0 Å². The highest BCUT2D eigenvalue weighted by molar-refractivity contribution is 6.62. The van der Waals surface area contributed by atoms with Gasteiger partial charge in [0.15, 0.2) is 0 Å². The van der Waals surface area contributed by atoms with Gasteiger partial charge in [0.25, 0.3) is 0 Å². The third-order valence-corrected chi connectivity index (χ3v) is 4.23. The normalized spacial score (nSPS) is 48.4. The van der Waals surface area contributed by atoms with Crippen LogP contribution in [0.4, 0.5) is 5.69 Å². The fraction of sp³-hybridized carbons (Fsp3) is 0.667. The van der Waals surface area contributed by atoms with Crippen molar-refractivity contribution < 1.29 is 25.8 Å². The second-order valence-electron chi connectivity index (χ2n) is 6.37. The van der Waals surface area contributed by atoms with Crippen LogP contribution in [0.5, 0.6) is 0 Å². The number of anilines is 1. The molecule has 4 heteroatoms. The van der Waals surface area contributed by atoms with Gasteiger partial charge in [-0.2, -0.15) is 0 Å². The lowest BCUT2D eigenvalue weighted by Gasteiger charge is -2.33. The van der Waals surface area contributed by atoms with Crippen LogP contribution in [-0.2, 0) is 9.31 Å². The monoisotopic (exact) mass is 313 g/mol. The average molecular weight is 313 g/mol. The minimum Gasteiger partial charge on any atom is -0.399 e. The van der Waals surface area contributed by atoms with Gasteiger partial charge in [0.2, 0.25) is 0 Å². The zero-order valence-electron chi connectivity index (χ0n) is 25.2. The van der Waals surface area contributed by atoms with E-state index in [1.165, 1.54) is 18.2 Å². The SMILES string of the molecule is [2H]C([2H])([2H])C1([2H])C([2H])([2H])N(c2cccc(B3OC(C)(C)C(C)(C)O3)c2)C([2H])([2H])C([2H])([2H])C1([2H])[2H]. The molecule has 2 heterocycles. The van der Waals surface area contributed by atoms with Crippen LogP contribution in [-0.4, -0.2) is 31.3 Å². The molecule has 22 heavy (non-hydrogen) atoms. The molecule has 1 aromatic rings. The van der Waals surface area contributed by atoms with E-state index in [1.54, 1.807) is 6.07 Å². The molecule has 0 bridgehead atoms. The molecule has 2 aliphatic rings. The van der Waals surface area contributed by atoms with Gasteiger partial charge < -0.3 is 14.2 Å². The zero-order valence-corrected chi connectivity index (χ0v) is 13.2. The van der Waals surface area contributed by atoms with Crippen LogP contribution in [0.2, 0.25) is 0 Å². The molecule has 0 saturated carbocycles. The zero-order chi connectivity index (χ0) is 26.6. The maximum atomic E-state index is 8.56. The molecule has 3 nitrogen and oxygen atoms in total. The molecule has 2 aliphatic heterocycles. The maximum Gasteiger partial charge on any atom is 0.494 e. The van der Waals surface area contributed by atoms with Crippen LogP contribution in [0, 0.1) is 5.89 Å². The molecule has 2 fully saturated rings. The van der Waals surface area contributed by atoms with Crippen LogP contribution in [0.25, 0.3) is 0 Å². The Bertz CT molecular complexity index is 964. The maximum absolute atomic E-state index is 8.56. The molecule has 0 radical (unpaired) electrons. The van der Waals surface area contributed by atoms with Crippen molar-refractivity contribution in [3.63, 3.8) is 0 Å². The van der Waals surface area contributed by atoms with E-state index in [1.807, 2.05) is 27.7 Å². The lowest BCUT2D eigenvalue weighted by atomic mass is 9.79. The van der Waals surface area contributed by atoms with Gasteiger partial charge in [0, 0.05) is 35.1 Å². The molecule has 0 amide bonds. The molecule has 3 rings (SSSR count). The first-order chi connectivity index (χ1) is 14.9. The van der Waals surface area contributed by atoms with Crippen molar-refractivity contribution in [3.05, 3.63) is 24.3 Å². The van der Waals surface area contributed by atoms with Crippen molar-refractivity contribution in [1.82, 2.24) is 0 Å². The van der Waals surface area contributed by atoms with E-state index < -0.39 is 56.8 Å². The van der Waals surface area contributed by atoms with E-state index in [4.69, 9.17) is 25.8 Å². The van der Waals surface area contributed by atoms with E-state index in [-0.39, 0.29) is 10.6 Å². The summed E-state index contributed by atoms with van der Waals surface area (Å²) >= 11 is 0. The summed E-state index contributed by atoms with van der Waals surface area (Å²) in [6, 6.07) is 5.50. The van der Waals surface area contributed by atoms with Gasteiger partial charge in [0.1, 0.15) is 0 Å². The lowest BCUT2D eigenvalue weighted by Crippen LogP contribution is -2.41. The average Bonchev–Trinajstić information content (AvgIpc) is 2.86. The van der Waals surface area contributed by atoms with E-state index >= 15 is 0 Å². The van der Waals surface area contributed by atoms with Crippen molar-refractivity contribution in [2.24, 2.45) is 5.89 Å². The molecular weight excluding hydrogens is 273 g/mol. The first-order valence-corrected chi connectivity index (χ1v) is 7.16. The standard InChI is InChI=1S/C18H28BNO2/c1-14-8-7-11-20(13-14)16-10-6-9-15(12-16)19-21-17(2,3)18(4,5)22-19/h6,9-10,12,14H,7-8,11,13H2,1-5H3/i1D3,7D2,8D2,11D2,13D2,14D. The first kappa shape index (κ1) is 6.86. The molecule has 1 aromatic carbocycles. The van der Waals surface area contributed by atoms with Gasteiger partial charge in [0.05, 0.1) is 11.2 Å². The number of nitrogens with zero attached hydrogens (tertiary/aromatic N) is 1. The van der Waals surface area contributed by atoms with Gasteiger partial charge in [-0.15, -0.1) is 0 Å². The topological polar surface area (TPSA) is 21.7 Å². The smallest absolute Gasteiger partial charge is 0.399 e. The first-order valence-electron chi connectivity index (χ1n) is 13.2. The Hall–Kier alpha value is -0.995. The minimum atomic E-state index is -3.74. The van der Waals surface area contributed by atoms with E-state index in [9.17, 15) is 0 Å². The van der Waals surface area contributed by atoms with Crippen molar-refractivity contribution in [1.29, 1.82) is 0 Å². The Balaban J connectivity index is 2.22. The number of hydrogen-bond donors (Lipinski definition) is 0. The van der Waals surface area contributed by atoms with Crippen molar-refractivity contribution >= 4 is 18.3 Å². The van der Waals surface area contributed by atoms with E-state index in [0.717, 1.165) is 0 Å². The van der Waals surface area contributed by atoms with Gasteiger partial charge in [-0.3, -0.25) is 0 Å². The fourth-order valence-electron chi connectivity index (χ4n) is 2.23. The molecule has 1 unspecified atom stereocenters. The van der Waals surface area contributed by atoms with Gasteiger partial charge in [-0.25, -0.2) is 0 Å². The summed E-state index contributed by atoms with van der Waals surface area (Å²) in [6.45, 7) is -3.26. The Morgan fingerprint density at radius 3 is 2.73 bits per heavy atom. The summed E-state index contributed by atoms with van der Waals surface area (Å²) < 4.78 is 111. The number of piperidine rings is 1. The largest absolute Gasteiger partial charge is 0.494 e. The summed E-state index contributed by atoms with van der Waals surface area (Å²) in [5.74, 6) is -3.69. The molecule has 1 atom stereocenters. The number of rotatable bonds is 2.